The predicted octanol–water partition coefficient (Wildman–Crippen LogP) is 7.49. The van der Waals surface area contributed by atoms with Crippen molar-refractivity contribution in [2.45, 2.75) is 57.0 Å². The van der Waals surface area contributed by atoms with E-state index in [0.717, 1.165) is 51.2 Å². The van der Waals surface area contributed by atoms with E-state index in [-0.39, 0.29) is 57.7 Å². The Balaban J connectivity index is 1.04. The van der Waals surface area contributed by atoms with Crippen molar-refractivity contribution in [3.63, 3.8) is 0 Å². The van der Waals surface area contributed by atoms with Crippen LogP contribution in [0.15, 0.2) is 85.2 Å². The van der Waals surface area contributed by atoms with Crippen LogP contribution in [0.2, 0.25) is 10.0 Å². The van der Waals surface area contributed by atoms with Crippen LogP contribution in [0.3, 0.4) is 0 Å². The van der Waals surface area contributed by atoms with Gasteiger partial charge in [0.2, 0.25) is 0 Å². The van der Waals surface area contributed by atoms with E-state index >= 15 is 0 Å². The molecule has 306 valence electrons. The maximum absolute atomic E-state index is 13.7. The molecule has 3 aromatic carbocycles. The van der Waals surface area contributed by atoms with Gasteiger partial charge in [-0.05, 0) is 92.1 Å². The van der Waals surface area contributed by atoms with Crippen molar-refractivity contribution < 1.29 is 51.6 Å². The van der Waals surface area contributed by atoms with E-state index in [9.17, 15) is 28.4 Å². The topological polar surface area (TPSA) is 140 Å². The number of halogens is 4. The number of nitrogens with zero attached hydrogens (tertiary/aromatic N) is 2. The van der Waals surface area contributed by atoms with Crippen LogP contribution < -0.4 is 19.5 Å². The zero-order valence-corrected chi connectivity index (χ0v) is 32.7. The molecule has 4 heterocycles. The minimum atomic E-state index is -3.11. The second-order valence-electron chi connectivity index (χ2n) is 14.6. The number of carbonyl (C=O) groups is 3. The van der Waals surface area contributed by atoms with Crippen molar-refractivity contribution in [1.29, 1.82) is 0 Å². The Hall–Kier alpha value is -5.18. The maximum atomic E-state index is 13.7. The number of fused-ring (bicyclic) bond motifs is 3. The smallest absolute Gasteiger partial charge is 0.387 e. The summed E-state index contributed by atoms with van der Waals surface area (Å²) < 4.78 is 54.6. The quantitative estimate of drug-likeness (QED) is 0.0490. The number of hydrogen-bond donors (Lipinski definition) is 1. The number of rotatable bonds is 17. The number of pyridine rings is 1. The summed E-state index contributed by atoms with van der Waals surface area (Å²) in [5.74, 6) is -1.83. The summed E-state index contributed by atoms with van der Waals surface area (Å²) in [6.07, 6.45) is 4.52. The van der Waals surface area contributed by atoms with Crippen LogP contribution in [0.4, 0.5) is 14.5 Å². The Bertz CT molecular complexity index is 2080. The Kier molecular flexibility index (Phi) is 13.1. The molecule has 2 bridgehead atoms. The van der Waals surface area contributed by atoms with E-state index in [1.54, 1.807) is 12.1 Å². The monoisotopic (exact) mass is 839 g/mol. The molecular formula is C42H41Cl2F2N3O9. The van der Waals surface area contributed by atoms with Crippen molar-refractivity contribution in [3.8, 4) is 11.5 Å². The molecule has 12 nitrogen and oxygen atoms in total. The van der Waals surface area contributed by atoms with Crippen LogP contribution in [0.25, 0.3) is 0 Å². The number of ether oxygens (including phenoxy) is 5. The number of carbonyl (C=O) groups excluding carboxylic acids is 3. The molecule has 0 amide bonds. The zero-order valence-electron chi connectivity index (χ0n) is 31.2. The van der Waals surface area contributed by atoms with Crippen LogP contribution in [0.1, 0.15) is 64.9 Å². The average molecular weight is 841 g/mol. The first-order valence-electron chi connectivity index (χ1n) is 19.0. The molecule has 4 fully saturated rings. The molecule has 4 aromatic rings. The van der Waals surface area contributed by atoms with Crippen molar-refractivity contribution in [1.82, 2.24) is 4.90 Å². The van der Waals surface area contributed by atoms with Crippen LogP contribution in [0, 0.1) is 17.0 Å². The minimum absolute atomic E-state index is 0.00640. The maximum Gasteiger partial charge on any atom is 0.387 e. The summed E-state index contributed by atoms with van der Waals surface area (Å²) in [5.41, 5.74) is 1.78. The number of anilines is 1. The summed E-state index contributed by atoms with van der Waals surface area (Å²) in [5, 5.41) is 15.1. The van der Waals surface area contributed by atoms with E-state index in [1.807, 2.05) is 30.3 Å². The number of esters is 3. The van der Waals surface area contributed by atoms with Gasteiger partial charge < -0.3 is 34.2 Å². The molecular weight excluding hydrogens is 799 g/mol. The van der Waals surface area contributed by atoms with Gasteiger partial charge in [0.1, 0.15) is 22.3 Å². The van der Waals surface area contributed by atoms with Gasteiger partial charge in [0.25, 0.3) is 0 Å². The van der Waals surface area contributed by atoms with Crippen molar-refractivity contribution in [2.75, 3.05) is 38.2 Å². The molecule has 3 saturated heterocycles. The molecule has 8 rings (SSSR count). The third-order valence-corrected chi connectivity index (χ3v) is 11.1. The first-order valence-corrected chi connectivity index (χ1v) is 19.7. The Morgan fingerprint density at radius 2 is 1.64 bits per heavy atom. The normalized spacial score (nSPS) is 19.5. The van der Waals surface area contributed by atoms with Gasteiger partial charge in [0, 0.05) is 24.2 Å². The van der Waals surface area contributed by atoms with E-state index < -0.39 is 43.3 Å². The number of alkyl halides is 2. The van der Waals surface area contributed by atoms with E-state index in [0.29, 0.717) is 34.0 Å². The molecule has 58 heavy (non-hydrogen) atoms. The molecule has 1 N–H and O–H groups in total. The van der Waals surface area contributed by atoms with Gasteiger partial charge >= 0.3 is 24.5 Å². The lowest BCUT2D eigenvalue weighted by molar-refractivity contribution is -0.605. The molecule has 4 aliphatic rings. The van der Waals surface area contributed by atoms with Crippen LogP contribution in [-0.4, -0.2) is 68.4 Å². The van der Waals surface area contributed by atoms with Gasteiger partial charge in [0.15, 0.2) is 36.5 Å². The Labute approximate surface area is 343 Å². The molecule has 1 aliphatic carbocycles. The number of piperidine rings is 3. The fraction of sp³-hybridized carbons (Fsp3) is 0.381. The Morgan fingerprint density at radius 1 is 0.897 bits per heavy atom. The molecule has 0 radical (unpaired) electrons. The van der Waals surface area contributed by atoms with E-state index in [1.165, 1.54) is 30.3 Å². The lowest BCUT2D eigenvalue weighted by Crippen LogP contribution is -2.52. The SMILES string of the molecule is O=C(COC(=O)c1cccc(NC(C(=O)O[C@H]2CN3CCC2CC3)c2ccccc2)c1)O[C@@H](Cc1c(Cl)c[n+]([O-])cc1Cl)c1ccc(OC(F)F)c(OCC2CC2)c1. The van der Waals surface area contributed by atoms with Crippen LogP contribution >= 0.6 is 23.2 Å². The number of benzene rings is 3. The van der Waals surface area contributed by atoms with Crippen LogP contribution in [-0.2, 0) is 30.2 Å². The first kappa shape index (κ1) is 41.0. The highest BCUT2D eigenvalue weighted by molar-refractivity contribution is 6.35. The molecule has 1 aromatic heterocycles. The summed E-state index contributed by atoms with van der Waals surface area (Å²) in [7, 11) is 0. The van der Waals surface area contributed by atoms with Gasteiger partial charge in [0.05, 0.1) is 12.2 Å². The van der Waals surface area contributed by atoms with Crippen molar-refractivity contribution in [2.24, 2.45) is 11.8 Å². The van der Waals surface area contributed by atoms with Crippen molar-refractivity contribution in [3.05, 3.63) is 123 Å². The molecule has 3 atom stereocenters. The molecule has 0 spiro atoms. The van der Waals surface area contributed by atoms with Crippen LogP contribution in [0.5, 0.6) is 11.5 Å². The summed E-state index contributed by atoms with van der Waals surface area (Å²) >= 11 is 12.7. The largest absolute Gasteiger partial charge is 0.619 e. The van der Waals surface area contributed by atoms with Gasteiger partial charge in [-0.3, -0.25) is 4.90 Å². The highest BCUT2D eigenvalue weighted by atomic mass is 35.5. The summed E-state index contributed by atoms with van der Waals surface area (Å²) in [6, 6.07) is 18.7. The minimum Gasteiger partial charge on any atom is -0.619 e. The highest BCUT2D eigenvalue weighted by Crippen LogP contribution is 2.38. The second-order valence-corrected chi connectivity index (χ2v) is 15.4. The molecule has 1 saturated carbocycles. The molecule has 1 unspecified atom stereocenters. The number of aromatic nitrogens is 1. The number of nitrogens with one attached hydrogen (secondary N) is 1. The lowest BCUT2D eigenvalue weighted by atomic mass is 9.86. The van der Waals surface area contributed by atoms with Crippen molar-refractivity contribution >= 4 is 46.8 Å². The molecule has 3 aliphatic heterocycles. The van der Waals surface area contributed by atoms with Gasteiger partial charge in [-0.1, -0.05) is 65.7 Å². The predicted molar refractivity (Wildman–Crippen MR) is 208 cm³/mol. The molecule has 16 heteroatoms. The number of hydrogen-bond acceptors (Lipinski definition) is 11. The highest BCUT2D eigenvalue weighted by Gasteiger charge is 2.38. The summed E-state index contributed by atoms with van der Waals surface area (Å²) in [4.78, 5) is 42.6. The fourth-order valence-electron chi connectivity index (χ4n) is 7.15. The third-order valence-electron chi connectivity index (χ3n) is 10.4. The van der Waals surface area contributed by atoms with Gasteiger partial charge in [-0.2, -0.15) is 13.5 Å². The lowest BCUT2D eigenvalue weighted by Gasteiger charge is -2.44. The third kappa shape index (κ3) is 10.7. The standard InChI is InChI=1S/C42H41Cl2F2N3O9/c43-32-20-49(53)21-33(44)31(32)19-35(28-11-12-34(58-42(45)46)36(18-28)54-23-25-9-10-25)56-38(50)24-55-40(51)29-7-4-8-30(17-29)47-39(27-5-2-1-3-6-27)41(52)57-37-22-48-15-13-26(37)14-16-48/h1-8,11-12,17-18,20-21,25-26,35,37,39,42,47H,9-10,13-16,19,22-24H2/t35-,37-,39?/m0/s1. The summed E-state index contributed by atoms with van der Waals surface area (Å²) in [6.45, 7) is -0.927. The first-order chi connectivity index (χ1) is 28.0. The van der Waals surface area contributed by atoms with Gasteiger partial charge in [-0.25, -0.2) is 14.4 Å². The second kappa shape index (κ2) is 18.6. The Morgan fingerprint density at radius 3 is 2.31 bits per heavy atom. The van der Waals surface area contributed by atoms with E-state index in [4.69, 9.17) is 42.1 Å². The fourth-order valence-corrected chi connectivity index (χ4v) is 7.75. The average Bonchev–Trinajstić information content (AvgIpc) is 4.05. The zero-order chi connectivity index (χ0) is 40.8. The van der Waals surface area contributed by atoms with E-state index in [2.05, 4.69) is 15.0 Å². The van der Waals surface area contributed by atoms with Gasteiger partial charge in [-0.15, -0.1) is 0 Å².